The topological polar surface area (TPSA) is 76.0 Å². The van der Waals surface area contributed by atoms with Crippen molar-refractivity contribution in [2.45, 2.75) is 13.2 Å². The number of hydrazine groups is 1. The first kappa shape index (κ1) is 15.9. The van der Waals surface area contributed by atoms with E-state index in [0.29, 0.717) is 11.4 Å². The Hall–Kier alpha value is -2.99. The molecule has 0 saturated carbocycles. The molecule has 1 atom stereocenters. The van der Waals surface area contributed by atoms with Gasteiger partial charge in [-0.25, -0.2) is 0 Å². The standard InChI is InChI=1S/C18H19N3O3/c1-12-16(17(23)19-13-8-10-15(22)11-9-13)18(24)21(20(12)2)14-6-4-3-5-7-14/h3-11,18,22,24H,1-2H3,(H,19,23). The van der Waals surface area contributed by atoms with Gasteiger partial charge in [0.05, 0.1) is 11.3 Å². The highest BCUT2D eigenvalue weighted by atomic mass is 16.3. The summed E-state index contributed by atoms with van der Waals surface area (Å²) in [5.41, 5.74) is 2.29. The molecule has 2 aromatic rings. The summed E-state index contributed by atoms with van der Waals surface area (Å²) >= 11 is 0. The van der Waals surface area contributed by atoms with Crippen molar-refractivity contribution < 1.29 is 15.0 Å². The summed E-state index contributed by atoms with van der Waals surface area (Å²) in [5.74, 6) is -0.254. The van der Waals surface area contributed by atoms with Gasteiger partial charge in [0.15, 0.2) is 6.23 Å². The molecule has 3 N–H and O–H groups in total. The number of allylic oxidation sites excluding steroid dienone is 1. The van der Waals surface area contributed by atoms with Gasteiger partial charge in [0, 0.05) is 18.4 Å². The van der Waals surface area contributed by atoms with Crippen molar-refractivity contribution in [2.75, 3.05) is 17.4 Å². The number of nitrogens with one attached hydrogen (secondary N) is 1. The van der Waals surface area contributed by atoms with Crippen LogP contribution in [0, 0.1) is 0 Å². The third-order valence-corrected chi connectivity index (χ3v) is 4.08. The molecule has 1 aliphatic rings. The minimum absolute atomic E-state index is 0.124. The van der Waals surface area contributed by atoms with Gasteiger partial charge in [0.25, 0.3) is 5.91 Å². The fourth-order valence-corrected chi connectivity index (χ4v) is 2.73. The van der Waals surface area contributed by atoms with E-state index in [4.69, 9.17) is 0 Å². The lowest BCUT2D eigenvalue weighted by Gasteiger charge is -2.31. The van der Waals surface area contributed by atoms with Crippen molar-refractivity contribution in [3.05, 3.63) is 65.9 Å². The van der Waals surface area contributed by atoms with Gasteiger partial charge >= 0.3 is 0 Å². The Morgan fingerprint density at radius 2 is 1.71 bits per heavy atom. The molecule has 1 unspecified atom stereocenters. The van der Waals surface area contributed by atoms with Crippen LogP contribution in [0.1, 0.15) is 6.92 Å². The molecule has 0 spiro atoms. The van der Waals surface area contributed by atoms with Gasteiger partial charge < -0.3 is 15.5 Å². The van der Waals surface area contributed by atoms with Gasteiger partial charge in [-0.15, -0.1) is 0 Å². The first-order chi connectivity index (χ1) is 11.5. The predicted octanol–water partition coefficient (Wildman–Crippen LogP) is 2.29. The zero-order valence-corrected chi connectivity index (χ0v) is 13.5. The Morgan fingerprint density at radius 1 is 1.08 bits per heavy atom. The van der Waals surface area contributed by atoms with Crippen molar-refractivity contribution in [1.29, 1.82) is 0 Å². The molecule has 0 saturated heterocycles. The van der Waals surface area contributed by atoms with Gasteiger partial charge in [-0.05, 0) is 43.3 Å². The number of carbonyl (C=O) groups excluding carboxylic acids is 1. The van der Waals surface area contributed by atoms with E-state index in [1.54, 1.807) is 36.1 Å². The number of rotatable bonds is 3. The molecule has 124 valence electrons. The number of para-hydroxylation sites is 1. The summed E-state index contributed by atoms with van der Waals surface area (Å²) in [4.78, 5) is 12.6. The van der Waals surface area contributed by atoms with Crippen LogP contribution in [-0.4, -0.2) is 34.4 Å². The molecule has 6 nitrogen and oxygen atoms in total. The Bertz CT molecular complexity index is 772. The first-order valence-electron chi connectivity index (χ1n) is 7.56. The molecule has 2 aromatic carbocycles. The number of aliphatic hydroxyl groups excluding tert-OH is 1. The number of aromatic hydroxyl groups is 1. The predicted molar refractivity (Wildman–Crippen MR) is 92.1 cm³/mol. The summed E-state index contributed by atoms with van der Waals surface area (Å²) < 4.78 is 0. The largest absolute Gasteiger partial charge is 0.508 e. The number of hydrogen-bond acceptors (Lipinski definition) is 5. The average molecular weight is 325 g/mol. The molecule has 0 radical (unpaired) electrons. The number of phenols is 1. The van der Waals surface area contributed by atoms with Crippen LogP contribution in [-0.2, 0) is 4.79 Å². The molecule has 24 heavy (non-hydrogen) atoms. The SMILES string of the molecule is CC1=C(C(=O)Nc2ccc(O)cc2)C(O)N(c2ccccc2)N1C. The Labute approximate surface area is 140 Å². The van der Waals surface area contributed by atoms with Gasteiger partial charge in [0.1, 0.15) is 5.75 Å². The van der Waals surface area contributed by atoms with Crippen LogP contribution >= 0.6 is 0 Å². The van der Waals surface area contributed by atoms with Gasteiger partial charge in [-0.1, -0.05) is 18.2 Å². The van der Waals surface area contributed by atoms with E-state index in [0.717, 1.165) is 5.69 Å². The second-order valence-electron chi connectivity index (χ2n) is 5.58. The summed E-state index contributed by atoms with van der Waals surface area (Å²) in [5, 5.41) is 26.1. The van der Waals surface area contributed by atoms with Crippen molar-refractivity contribution in [3.63, 3.8) is 0 Å². The number of anilines is 2. The lowest BCUT2D eigenvalue weighted by Crippen LogP contribution is -2.41. The molecular weight excluding hydrogens is 306 g/mol. The maximum atomic E-state index is 12.6. The quantitative estimate of drug-likeness (QED) is 0.755. The molecule has 1 aliphatic heterocycles. The van der Waals surface area contributed by atoms with E-state index in [-0.39, 0.29) is 17.2 Å². The number of phenolic OH excluding ortho intramolecular Hbond substituents is 1. The van der Waals surface area contributed by atoms with Crippen LogP contribution in [0.4, 0.5) is 11.4 Å². The second-order valence-corrected chi connectivity index (χ2v) is 5.58. The summed E-state index contributed by atoms with van der Waals surface area (Å²) in [7, 11) is 1.80. The Kier molecular flexibility index (Phi) is 4.14. The van der Waals surface area contributed by atoms with Crippen LogP contribution < -0.4 is 10.3 Å². The van der Waals surface area contributed by atoms with Crippen LogP contribution in [0.15, 0.2) is 65.9 Å². The minimum atomic E-state index is -1.07. The van der Waals surface area contributed by atoms with E-state index < -0.39 is 6.23 Å². The number of hydrogen-bond donors (Lipinski definition) is 3. The molecular formula is C18H19N3O3. The van der Waals surface area contributed by atoms with E-state index in [1.165, 1.54) is 12.1 Å². The monoisotopic (exact) mass is 325 g/mol. The van der Waals surface area contributed by atoms with Crippen molar-refractivity contribution in [3.8, 4) is 5.75 Å². The van der Waals surface area contributed by atoms with Crippen LogP contribution in [0.25, 0.3) is 0 Å². The highest BCUT2D eigenvalue weighted by molar-refractivity contribution is 6.05. The minimum Gasteiger partial charge on any atom is -0.508 e. The zero-order valence-electron chi connectivity index (χ0n) is 13.5. The zero-order chi connectivity index (χ0) is 17.3. The maximum Gasteiger partial charge on any atom is 0.258 e. The number of carbonyl (C=O) groups is 1. The smallest absolute Gasteiger partial charge is 0.258 e. The lowest BCUT2D eigenvalue weighted by atomic mass is 10.1. The average Bonchev–Trinajstić information content (AvgIpc) is 2.80. The third-order valence-electron chi connectivity index (χ3n) is 4.08. The summed E-state index contributed by atoms with van der Waals surface area (Å²) in [6, 6.07) is 15.6. The summed E-state index contributed by atoms with van der Waals surface area (Å²) in [6.07, 6.45) is -1.07. The lowest BCUT2D eigenvalue weighted by molar-refractivity contribution is -0.113. The molecule has 3 rings (SSSR count). The normalized spacial score (nSPS) is 17.4. The van der Waals surface area contributed by atoms with Crippen molar-refractivity contribution in [2.24, 2.45) is 0 Å². The van der Waals surface area contributed by atoms with Crippen LogP contribution in [0.5, 0.6) is 5.75 Å². The number of benzene rings is 2. The number of aliphatic hydroxyl groups is 1. The Morgan fingerprint density at radius 3 is 2.33 bits per heavy atom. The van der Waals surface area contributed by atoms with Crippen LogP contribution in [0.3, 0.4) is 0 Å². The first-order valence-corrected chi connectivity index (χ1v) is 7.56. The molecule has 0 aromatic heterocycles. The maximum absolute atomic E-state index is 12.6. The van der Waals surface area contributed by atoms with Crippen molar-refractivity contribution >= 4 is 17.3 Å². The highest BCUT2D eigenvalue weighted by Crippen LogP contribution is 2.32. The fourth-order valence-electron chi connectivity index (χ4n) is 2.73. The van der Waals surface area contributed by atoms with Gasteiger partial charge in [-0.2, -0.15) is 0 Å². The van der Waals surface area contributed by atoms with E-state index in [9.17, 15) is 15.0 Å². The second kappa shape index (κ2) is 6.25. The van der Waals surface area contributed by atoms with Gasteiger partial charge in [0.2, 0.25) is 0 Å². The molecule has 0 bridgehead atoms. The molecule has 6 heteroatoms. The number of amides is 1. The molecule has 0 aliphatic carbocycles. The molecule has 1 heterocycles. The Balaban J connectivity index is 1.84. The van der Waals surface area contributed by atoms with Gasteiger partial charge in [-0.3, -0.25) is 14.8 Å². The van der Waals surface area contributed by atoms with Crippen LogP contribution in [0.2, 0.25) is 0 Å². The van der Waals surface area contributed by atoms with E-state index in [2.05, 4.69) is 5.32 Å². The van der Waals surface area contributed by atoms with Crippen molar-refractivity contribution in [1.82, 2.24) is 5.01 Å². The van der Waals surface area contributed by atoms with E-state index in [1.807, 2.05) is 30.3 Å². The fraction of sp³-hybridized carbons (Fsp3) is 0.167. The summed E-state index contributed by atoms with van der Waals surface area (Å²) in [6.45, 7) is 1.79. The molecule has 1 amide bonds. The molecule has 0 fully saturated rings. The highest BCUT2D eigenvalue weighted by Gasteiger charge is 2.37. The van der Waals surface area contributed by atoms with E-state index >= 15 is 0 Å². The number of nitrogens with zero attached hydrogens (tertiary/aromatic N) is 2. The third kappa shape index (κ3) is 2.79.